The topological polar surface area (TPSA) is 21.3 Å². The van der Waals surface area contributed by atoms with Crippen molar-refractivity contribution < 1.29 is 4.74 Å². The summed E-state index contributed by atoms with van der Waals surface area (Å²) in [6, 6.07) is 19.4. The van der Waals surface area contributed by atoms with Crippen LogP contribution in [0.3, 0.4) is 0 Å². The maximum Gasteiger partial charge on any atom is 0.156 e. The predicted molar refractivity (Wildman–Crippen MR) is 111 cm³/mol. The number of rotatable bonds is 6. The molecule has 0 saturated heterocycles. The minimum absolute atomic E-state index is 0.419. The molecule has 0 atom stereocenters. The summed E-state index contributed by atoms with van der Waals surface area (Å²) in [5.41, 5.74) is 4.22. The van der Waals surface area contributed by atoms with Crippen LogP contribution in [0.4, 0.5) is 5.69 Å². The molecular weight excluding hydrogens is 389 g/mol. The molecule has 5 heteroatoms. The van der Waals surface area contributed by atoms with Crippen LogP contribution in [-0.4, -0.2) is 0 Å². The number of hydrogen-bond acceptors (Lipinski definition) is 2. The molecular formula is C21H18Cl3NO. The first-order valence-electron chi connectivity index (χ1n) is 8.17. The molecule has 0 amide bonds. The first-order valence-corrected chi connectivity index (χ1v) is 9.30. The van der Waals surface area contributed by atoms with Crippen LogP contribution in [0.1, 0.15) is 16.7 Å². The van der Waals surface area contributed by atoms with Gasteiger partial charge in [-0.1, -0.05) is 64.6 Å². The SMILES string of the molecule is Cc1ccc(COc2c(Cl)cc(CNc3ccc(Cl)cc3)cc2Cl)cc1. The fraction of sp³-hybridized carbons (Fsp3) is 0.143. The third-order valence-electron chi connectivity index (χ3n) is 3.90. The zero-order valence-electron chi connectivity index (χ0n) is 14.2. The van der Waals surface area contributed by atoms with Gasteiger partial charge < -0.3 is 10.1 Å². The molecule has 0 saturated carbocycles. The Morgan fingerprint density at radius 1 is 0.808 bits per heavy atom. The highest BCUT2D eigenvalue weighted by Gasteiger charge is 2.10. The Kier molecular flexibility index (Phi) is 6.31. The van der Waals surface area contributed by atoms with E-state index < -0.39 is 0 Å². The summed E-state index contributed by atoms with van der Waals surface area (Å²) in [7, 11) is 0. The molecule has 26 heavy (non-hydrogen) atoms. The van der Waals surface area contributed by atoms with Crippen LogP contribution >= 0.6 is 34.8 Å². The van der Waals surface area contributed by atoms with E-state index in [1.54, 1.807) is 0 Å². The number of ether oxygens (including phenoxy) is 1. The summed E-state index contributed by atoms with van der Waals surface area (Å²) in [5, 5.41) is 5.01. The second kappa shape index (κ2) is 8.68. The monoisotopic (exact) mass is 405 g/mol. The number of anilines is 1. The molecule has 2 nitrogen and oxygen atoms in total. The van der Waals surface area contributed by atoms with Crippen molar-refractivity contribution >= 4 is 40.5 Å². The summed E-state index contributed by atoms with van der Waals surface area (Å²) in [4.78, 5) is 0. The minimum atomic E-state index is 0.419. The van der Waals surface area contributed by atoms with Gasteiger partial charge in [-0.2, -0.15) is 0 Å². The van der Waals surface area contributed by atoms with E-state index in [0.29, 0.717) is 34.0 Å². The van der Waals surface area contributed by atoms with Gasteiger partial charge in [0.15, 0.2) is 5.75 Å². The zero-order valence-corrected chi connectivity index (χ0v) is 16.5. The van der Waals surface area contributed by atoms with E-state index >= 15 is 0 Å². The van der Waals surface area contributed by atoms with E-state index in [2.05, 4.69) is 12.2 Å². The number of hydrogen-bond donors (Lipinski definition) is 1. The van der Waals surface area contributed by atoms with Gasteiger partial charge in [0.2, 0.25) is 0 Å². The van der Waals surface area contributed by atoms with Crippen LogP contribution in [0.2, 0.25) is 15.1 Å². The van der Waals surface area contributed by atoms with Crippen molar-refractivity contribution in [1.29, 1.82) is 0 Å². The van der Waals surface area contributed by atoms with Crippen LogP contribution in [0.25, 0.3) is 0 Å². The molecule has 0 radical (unpaired) electrons. The van der Waals surface area contributed by atoms with Crippen molar-refractivity contribution in [3.63, 3.8) is 0 Å². The van der Waals surface area contributed by atoms with Crippen molar-refractivity contribution in [2.45, 2.75) is 20.1 Å². The van der Waals surface area contributed by atoms with Gasteiger partial charge in [0.25, 0.3) is 0 Å². The normalized spacial score (nSPS) is 10.6. The number of nitrogens with one attached hydrogen (secondary N) is 1. The van der Waals surface area contributed by atoms with Gasteiger partial charge in [0.05, 0.1) is 10.0 Å². The Balaban J connectivity index is 1.65. The second-order valence-electron chi connectivity index (χ2n) is 6.02. The predicted octanol–water partition coefficient (Wildman–Crippen LogP) is 7.15. The molecule has 0 aliphatic heterocycles. The Morgan fingerprint density at radius 2 is 1.42 bits per heavy atom. The lowest BCUT2D eigenvalue weighted by Gasteiger charge is -2.13. The van der Waals surface area contributed by atoms with E-state index in [4.69, 9.17) is 39.5 Å². The summed E-state index contributed by atoms with van der Waals surface area (Å²) in [6.45, 7) is 3.07. The van der Waals surface area contributed by atoms with Crippen molar-refractivity contribution in [3.8, 4) is 5.75 Å². The van der Waals surface area contributed by atoms with Crippen LogP contribution in [0.5, 0.6) is 5.75 Å². The fourth-order valence-electron chi connectivity index (χ4n) is 2.46. The van der Waals surface area contributed by atoms with Gasteiger partial charge >= 0.3 is 0 Å². The lowest BCUT2D eigenvalue weighted by atomic mass is 10.1. The minimum Gasteiger partial charge on any atom is -0.486 e. The summed E-state index contributed by atoms with van der Waals surface area (Å²) >= 11 is 18.6. The quantitative estimate of drug-likeness (QED) is 0.469. The molecule has 0 aliphatic carbocycles. The largest absolute Gasteiger partial charge is 0.486 e. The lowest BCUT2D eigenvalue weighted by Crippen LogP contribution is -2.01. The number of benzene rings is 3. The lowest BCUT2D eigenvalue weighted by molar-refractivity contribution is 0.306. The van der Waals surface area contributed by atoms with Crippen molar-refractivity contribution in [1.82, 2.24) is 0 Å². The first-order chi connectivity index (χ1) is 12.5. The Morgan fingerprint density at radius 3 is 2.04 bits per heavy atom. The summed E-state index contributed by atoms with van der Waals surface area (Å²) in [6.07, 6.45) is 0. The van der Waals surface area contributed by atoms with Crippen LogP contribution in [-0.2, 0) is 13.2 Å². The van der Waals surface area contributed by atoms with E-state index in [9.17, 15) is 0 Å². The van der Waals surface area contributed by atoms with E-state index in [1.807, 2.05) is 60.7 Å². The highest BCUT2D eigenvalue weighted by Crippen LogP contribution is 2.35. The molecule has 3 aromatic carbocycles. The Labute approximate surface area is 168 Å². The van der Waals surface area contributed by atoms with Gasteiger partial charge in [-0.25, -0.2) is 0 Å². The summed E-state index contributed by atoms with van der Waals surface area (Å²) < 4.78 is 5.83. The molecule has 0 spiro atoms. The van der Waals surface area contributed by atoms with Crippen molar-refractivity contribution in [2.75, 3.05) is 5.32 Å². The van der Waals surface area contributed by atoms with E-state index in [-0.39, 0.29) is 0 Å². The maximum atomic E-state index is 6.37. The molecule has 0 fully saturated rings. The molecule has 134 valence electrons. The van der Waals surface area contributed by atoms with Gasteiger partial charge in [-0.05, 0) is 54.4 Å². The second-order valence-corrected chi connectivity index (χ2v) is 7.27. The highest BCUT2D eigenvalue weighted by atomic mass is 35.5. The maximum absolute atomic E-state index is 6.37. The zero-order chi connectivity index (χ0) is 18.5. The van der Waals surface area contributed by atoms with Crippen molar-refractivity contribution in [3.05, 3.63) is 92.4 Å². The molecule has 0 aliphatic rings. The van der Waals surface area contributed by atoms with Crippen molar-refractivity contribution in [2.24, 2.45) is 0 Å². The molecule has 1 N–H and O–H groups in total. The molecule has 0 bridgehead atoms. The van der Waals surface area contributed by atoms with Gasteiger partial charge in [-0.3, -0.25) is 0 Å². The van der Waals surface area contributed by atoms with E-state index in [0.717, 1.165) is 16.8 Å². The van der Waals surface area contributed by atoms with Crippen LogP contribution in [0.15, 0.2) is 60.7 Å². The smallest absolute Gasteiger partial charge is 0.156 e. The number of aryl methyl sites for hydroxylation is 1. The van der Waals surface area contributed by atoms with Gasteiger partial charge in [0, 0.05) is 17.3 Å². The molecule has 3 rings (SSSR count). The average Bonchev–Trinajstić information content (AvgIpc) is 2.62. The third-order valence-corrected chi connectivity index (χ3v) is 4.72. The first kappa shape index (κ1) is 18.9. The number of halogens is 3. The standard InChI is InChI=1S/C21H18Cl3NO/c1-14-2-4-15(5-3-14)13-26-21-19(23)10-16(11-20(21)24)12-25-18-8-6-17(22)7-9-18/h2-11,25H,12-13H2,1H3. The highest BCUT2D eigenvalue weighted by molar-refractivity contribution is 6.37. The Bertz CT molecular complexity index is 854. The van der Waals surface area contributed by atoms with Gasteiger partial charge in [0.1, 0.15) is 6.61 Å². The molecule has 3 aromatic rings. The molecule has 0 unspecified atom stereocenters. The van der Waals surface area contributed by atoms with Crippen LogP contribution < -0.4 is 10.1 Å². The fourth-order valence-corrected chi connectivity index (χ4v) is 3.23. The molecule has 0 heterocycles. The van der Waals surface area contributed by atoms with Gasteiger partial charge in [-0.15, -0.1) is 0 Å². The third kappa shape index (κ3) is 5.07. The Hall–Kier alpha value is -1.87. The van der Waals surface area contributed by atoms with Crippen LogP contribution in [0, 0.1) is 6.92 Å². The van der Waals surface area contributed by atoms with E-state index in [1.165, 1.54) is 5.56 Å². The molecule has 0 aromatic heterocycles. The summed E-state index contributed by atoms with van der Waals surface area (Å²) in [5.74, 6) is 0.504. The average molecular weight is 407 g/mol.